The normalized spacial score (nSPS) is 16.6. The number of carboxylic acid groups (broad SMARTS) is 1. The van der Waals surface area contributed by atoms with Crippen molar-refractivity contribution in [3.05, 3.63) is 17.0 Å². The number of hydrogen-bond acceptors (Lipinski definition) is 4. The molecular weight excluding hydrogens is 184 g/mol. The van der Waals surface area contributed by atoms with E-state index in [2.05, 4.69) is 10.1 Å². The van der Waals surface area contributed by atoms with E-state index in [1.165, 1.54) is 0 Å². The van der Waals surface area contributed by atoms with E-state index < -0.39 is 5.97 Å². The van der Waals surface area contributed by atoms with Crippen LogP contribution >= 0.6 is 0 Å². The van der Waals surface area contributed by atoms with Crippen LogP contribution in [0.2, 0.25) is 0 Å². The van der Waals surface area contributed by atoms with E-state index in [4.69, 9.17) is 9.63 Å². The molecule has 0 aliphatic carbocycles. The molecule has 0 fully saturated rings. The molecule has 14 heavy (non-hydrogen) atoms. The lowest BCUT2D eigenvalue weighted by Crippen LogP contribution is -2.26. The van der Waals surface area contributed by atoms with Gasteiger partial charge >= 0.3 is 5.97 Å². The second kappa shape index (κ2) is 3.42. The molecule has 2 heterocycles. The summed E-state index contributed by atoms with van der Waals surface area (Å²) in [5.74, 6) is -0.0463. The molecule has 0 bridgehead atoms. The van der Waals surface area contributed by atoms with Crippen LogP contribution in [0.4, 0.5) is 0 Å². The summed E-state index contributed by atoms with van der Waals surface area (Å²) < 4.78 is 5.10. The van der Waals surface area contributed by atoms with E-state index in [1.807, 2.05) is 7.05 Å². The first-order chi connectivity index (χ1) is 6.66. The molecule has 0 radical (unpaired) electrons. The van der Waals surface area contributed by atoms with Crippen molar-refractivity contribution in [1.29, 1.82) is 0 Å². The molecule has 1 N–H and O–H groups in total. The van der Waals surface area contributed by atoms with Crippen molar-refractivity contribution < 1.29 is 14.4 Å². The van der Waals surface area contributed by atoms with E-state index in [9.17, 15) is 4.79 Å². The molecule has 1 aliphatic heterocycles. The molecule has 0 amide bonds. The van der Waals surface area contributed by atoms with E-state index >= 15 is 0 Å². The monoisotopic (exact) mass is 196 g/mol. The fourth-order valence-electron chi connectivity index (χ4n) is 1.70. The second-order valence-corrected chi connectivity index (χ2v) is 3.59. The Balaban J connectivity index is 2.24. The molecule has 76 valence electrons. The highest BCUT2D eigenvalue weighted by atomic mass is 16.5. The van der Waals surface area contributed by atoms with Gasteiger partial charge in [0.1, 0.15) is 0 Å². The van der Waals surface area contributed by atoms with Crippen LogP contribution in [0, 0.1) is 0 Å². The number of hydrogen-bond donors (Lipinski definition) is 1. The predicted octanol–water partition coefficient (Wildman–Crippen LogP) is 0.290. The fraction of sp³-hybridized carbons (Fsp3) is 0.556. The molecule has 0 saturated carbocycles. The van der Waals surface area contributed by atoms with Crippen molar-refractivity contribution in [1.82, 2.24) is 10.1 Å². The molecule has 0 spiro atoms. The first-order valence-electron chi connectivity index (χ1n) is 4.53. The Morgan fingerprint density at radius 1 is 1.71 bits per heavy atom. The van der Waals surface area contributed by atoms with Crippen LogP contribution in [-0.4, -0.2) is 34.7 Å². The first-order valence-corrected chi connectivity index (χ1v) is 4.53. The summed E-state index contributed by atoms with van der Waals surface area (Å²) in [4.78, 5) is 12.6. The van der Waals surface area contributed by atoms with Gasteiger partial charge in [-0.05, 0) is 13.5 Å². The summed E-state index contributed by atoms with van der Waals surface area (Å²) in [6, 6.07) is 0. The van der Waals surface area contributed by atoms with Crippen LogP contribution < -0.4 is 0 Å². The van der Waals surface area contributed by atoms with Gasteiger partial charge in [0.05, 0.1) is 18.7 Å². The molecule has 5 nitrogen and oxygen atoms in total. The van der Waals surface area contributed by atoms with Crippen LogP contribution in [0.5, 0.6) is 0 Å². The number of likely N-dealkylation sites (N-methyl/N-ethyl adjacent to an activating group) is 1. The quantitative estimate of drug-likeness (QED) is 0.736. The SMILES string of the molecule is CN1CCc2c(CC(=O)O)noc2C1. The van der Waals surface area contributed by atoms with Crippen molar-refractivity contribution in [2.75, 3.05) is 13.6 Å². The molecule has 0 saturated heterocycles. The molecule has 5 heteroatoms. The van der Waals surface area contributed by atoms with Crippen LogP contribution in [0.1, 0.15) is 17.0 Å². The number of aromatic nitrogens is 1. The minimum absolute atomic E-state index is 0.0391. The van der Waals surface area contributed by atoms with E-state index in [0.717, 1.165) is 30.8 Å². The van der Waals surface area contributed by atoms with Gasteiger partial charge in [0.15, 0.2) is 5.76 Å². The Morgan fingerprint density at radius 2 is 2.50 bits per heavy atom. The third-order valence-electron chi connectivity index (χ3n) is 2.43. The molecular formula is C9H12N2O3. The summed E-state index contributed by atoms with van der Waals surface area (Å²) in [7, 11) is 2.00. The zero-order valence-electron chi connectivity index (χ0n) is 7.99. The zero-order valence-corrected chi connectivity index (χ0v) is 7.99. The lowest BCUT2D eigenvalue weighted by Gasteiger charge is -2.20. The number of carbonyl (C=O) groups is 1. The Bertz CT molecular complexity index is 359. The van der Waals surface area contributed by atoms with Crippen LogP contribution in [0.3, 0.4) is 0 Å². The Hall–Kier alpha value is -1.36. The summed E-state index contributed by atoms with van der Waals surface area (Å²) in [5, 5.41) is 12.4. The topological polar surface area (TPSA) is 66.6 Å². The van der Waals surface area contributed by atoms with Gasteiger partial charge in [-0.25, -0.2) is 0 Å². The Kier molecular flexibility index (Phi) is 2.25. The maximum Gasteiger partial charge on any atom is 0.309 e. The smallest absolute Gasteiger partial charge is 0.309 e. The second-order valence-electron chi connectivity index (χ2n) is 3.59. The van der Waals surface area contributed by atoms with Crippen molar-refractivity contribution in [2.24, 2.45) is 0 Å². The summed E-state index contributed by atoms with van der Waals surface area (Å²) >= 11 is 0. The number of aliphatic carboxylic acids is 1. The lowest BCUT2D eigenvalue weighted by molar-refractivity contribution is -0.136. The maximum absolute atomic E-state index is 10.5. The minimum atomic E-state index is -0.861. The average Bonchev–Trinajstić information content (AvgIpc) is 2.47. The number of nitrogens with zero attached hydrogens (tertiary/aromatic N) is 2. The molecule has 1 aromatic rings. The highest BCUT2D eigenvalue weighted by Gasteiger charge is 2.22. The van der Waals surface area contributed by atoms with E-state index in [-0.39, 0.29) is 6.42 Å². The number of fused-ring (bicyclic) bond motifs is 1. The molecule has 0 atom stereocenters. The zero-order chi connectivity index (χ0) is 10.1. The average molecular weight is 196 g/mol. The van der Waals surface area contributed by atoms with Gasteiger partial charge in [-0.2, -0.15) is 0 Å². The maximum atomic E-state index is 10.5. The van der Waals surface area contributed by atoms with Crippen molar-refractivity contribution >= 4 is 5.97 Å². The molecule has 0 unspecified atom stereocenters. The lowest BCUT2D eigenvalue weighted by atomic mass is 10.0. The van der Waals surface area contributed by atoms with Gasteiger partial charge in [-0.3, -0.25) is 9.69 Å². The standard InChI is InChI=1S/C9H12N2O3/c1-11-3-2-6-7(4-9(12)13)10-14-8(6)5-11/h2-5H2,1H3,(H,12,13). The van der Waals surface area contributed by atoms with Crippen LogP contribution in [-0.2, 0) is 24.2 Å². The summed E-state index contributed by atoms with van der Waals surface area (Å²) in [5.41, 5.74) is 1.58. The van der Waals surface area contributed by atoms with Gasteiger partial charge < -0.3 is 9.63 Å². The van der Waals surface area contributed by atoms with Crippen molar-refractivity contribution in [3.8, 4) is 0 Å². The van der Waals surface area contributed by atoms with Crippen molar-refractivity contribution in [2.45, 2.75) is 19.4 Å². The van der Waals surface area contributed by atoms with Gasteiger partial charge in [0.2, 0.25) is 0 Å². The van der Waals surface area contributed by atoms with E-state index in [1.54, 1.807) is 0 Å². The Labute approximate surface area is 81.3 Å². The highest BCUT2D eigenvalue weighted by Crippen LogP contribution is 2.21. The number of carboxylic acids is 1. The van der Waals surface area contributed by atoms with Gasteiger partial charge in [-0.1, -0.05) is 5.16 Å². The van der Waals surface area contributed by atoms with Crippen LogP contribution in [0.15, 0.2) is 4.52 Å². The summed E-state index contributed by atoms with van der Waals surface area (Å²) in [6.45, 7) is 1.66. The summed E-state index contributed by atoms with van der Waals surface area (Å²) in [6.07, 6.45) is 0.792. The van der Waals surface area contributed by atoms with Gasteiger partial charge in [-0.15, -0.1) is 0 Å². The van der Waals surface area contributed by atoms with Crippen LogP contribution in [0.25, 0.3) is 0 Å². The largest absolute Gasteiger partial charge is 0.481 e. The van der Waals surface area contributed by atoms with Gasteiger partial charge in [0.25, 0.3) is 0 Å². The molecule has 0 aromatic carbocycles. The fourth-order valence-corrected chi connectivity index (χ4v) is 1.70. The Morgan fingerprint density at radius 3 is 3.21 bits per heavy atom. The van der Waals surface area contributed by atoms with E-state index in [0.29, 0.717) is 5.69 Å². The predicted molar refractivity (Wildman–Crippen MR) is 47.9 cm³/mol. The molecule has 1 aromatic heterocycles. The van der Waals surface area contributed by atoms with Crippen molar-refractivity contribution in [3.63, 3.8) is 0 Å². The minimum Gasteiger partial charge on any atom is -0.481 e. The highest BCUT2D eigenvalue weighted by molar-refractivity contribution is 5.70. The first kappa shape index (κ1) is 9.21. The third kappa shape index (κ3) is 1.63. The molecule has 2 rings (SSSR count). The van der Waals surface area contributed by atoms with Gasteiger partial charge in [0, 0.05) is 12.1 Å². The molecule has 1 aliphatic rings. The number of rotatable bonds is 2. The third-order valence-corrected chi connectivity index (χ3v) is 2.43.